The van der Waals surface area contributed by atoms with Gasteiger partial charge in [-0.1, -0.05) is 32.1 Å². The van der Waals surface area contributed by atoms with Crippen LogP contribution in [0.5, 0.6) is 0 Å². The van der Waals surface area contributed by atoms with Crippen molar-refractivity contribution in [1.29, 1.82) is 5.26 Å². The molecule has 0 atom stereocenters. The van der Waals surface area contributed by atoms with Gasteiger partial charge in [0.05, 0.1) is 18.3 Å². The Labute approximate surface area is 235 Å². The van der Waals surface area contributed by atoms with Crippen LogP contribution >= 0.6 is 0 Å². The number of hydrogen-bond acceptors (Lipinski definition) is 7. The maximum Gasteiger partial charge on any atom is 0.317 e. The summed E-state index contributed by atoms with van der Waals surface area (Å²) in [5, 5.41) is 18.4. The molecule has 0 amide bonds. The summed E-state index contributed by atoms with van der Waals surface area (Å²) >= 11 is 0. The Balaban J connectivity index is 1.49. The zero-order valence-corrected chi connectivity index (χ0v) is 23.5. The summed E-state index contributed by atoms with van der Waals surface area (Å²) in [5.74, 6) is -0.709. The van der Waals surface area contributed by atoms with E-state index in [0.29, 0.717) is 13.2 Å². The predicted octanol–water partition coefficient (Wildman–Crippen LogP) is 4.01. The number of piperazine rings is 1. The zero-order valence-electron chi connectivity index (χ0n) is 23.5. The van der Waals surface area contributed by atoms with Crippen molar-refractivity contribution in [1.82, 2.24) is 19.8 Å². The fourth-order valence-corrected chi connectivity index (χ4v) is 6.44. The van der Waals surface area contributed by atoms with Crippen LogP contribution in [-0.2, 0) is 21.5 Å². The van der Waals surface area contributed by atoms with Crippen LogP contribution in [0, 0.1) is 16.7 Å². The molecule has 5 rings (SSSR count). The number of aromatic nitrogens is 2. The summed E-state index contributed by atoms with van der Waals surface area (Å²) in [6, 6.07) is 8.60. The van der Waals surface area contributed by atoms with Crippen LogP contribution in [0.1, 0.15) is 79.0 Å². The number of H-pyrrole nitrogens is 1. The maximum absolute atomic E-state index is 13.2. The quantitative estimate of drug-likeness (QED) is 0.477. The average molecular weight is 546 g/mol. The molecule has 3 heterocycles. The first kappa shape index (κ1) is 28.2. The lowest BCUT2D eigenvalue weighted by Crippen LogP contribution is -2.57. The summed E-state index contributed by atoms with van der Waals surface area (Å²) in [4.78, 5) is 35.9. The van der Waals surface area contributed by atoms with Gasteiger partial charge >= 0.3 is 5.97 Å². The molecule has 2 fully saturated rings. The third-order valence-corrected chi connectivity index (χ3v) is 8.93. The summed E-state index contributed by atoms with van der Waals surface area (Å²) in [7, 11) is 0. The minimum atomic E-state index is -0.786. The topological polar surface area (TPSA) is 123 Å². The highest BCUT2D eigenvalue weighted by atomic mass is 16.5. The van der Waals surface area contributed by atoms with E-state index in [-0.39, 0.29) is 41.2 Å². The molecule has 2 aromatic rings. The molecule has 1 aromatic heterocycles. The van der Waals surface area contributed by atoms with Crippen LogP contribution in [0.2, 0.25) is 0 Å². The SMILES string of the molecule is CC1(C)CC=C(c2cc(C3(N4CCN(CC(=O)O)CC4)CCOCC3)ccc2CC(=O)c2ncc(C#N)[nH]2)CC1. The normalized spacial score (nSPS) is 21.4. The van der Waals surface area contributed by atoms with E-state index in [1.165, 1.54) is 17.3 Å². The van der Waals surface area contributed by atoms with Crippen LogP contribution in [0.3, 0.4) is 0 Å². The Morgan fingerprint density at radius 2 is 1.90 bits per heavy atom. The van der Waals surface area contributed by atoms with Gasteiger partial charge in [0.2, 0.25) is 5.78 Å². The first-order valence-corrected chi connectivity index (χ1v) is 14.3. The Kier molecular flexibility index (Phi) is 8.22. The van der Waals surface area contributed by atoms with Gasteiger partial charge in [-0.3, -0.25) is 19.4 Å². The van der Waals surface area contributed by atoms with Crippen molar-refractivity contribution in [3.05, 3.63) is 58.7 Å². The van der Waals surface area contributed by atoms with Gasteiger partial charge in [-0.2, -0.15) is 5.26 Å². The molecule has 9 heteroatoms. The first-order valence-electron chi connectivity index (χ1n) is 14.3. The van der Waals surface area contributed by atoms with E-state index in [1.807, 2.05) is 11.0 Å². The van der Waals surface area contributed by atoms with E-state index in [1.54, 1.807) is 0 Å². The maximum atomic E-state index is 13.2. The molecular formula is C31H39N5O4. The monoisotopic (exact) mass is 545 g/mol. The van der Waals surface area contributed by atoms with Crippen molar-refractivity contribution in [2.45, 2.75) is 57.9 Å². The van der Waals surface area contributed by atoms with E-state index in [4.69, 9.17) is 10.00 Å². The lowest BCUT2D eigenvalue weighted by molar-refractivity contribution is -0.139. The number of Topliss-reactive ketones (excluding diaryl/α,β-unsaturated/α-hetero) is 1. The lowest BCUT2D eigenvalue weighted by Gasteiger charge is -2.50. The van der Waals surface area contributed by atoms with Crippen molar-refractivity contribution < 1.29 is 19.4 Å². The van der Waals surface area contributed by atoms with Crippen molar-refractivity contribution in [2.24, 2.45) is 5.41 Å². The number of carbonyl (C=O) groups excluding carboxylic acids is 1. The molecule has 1 aliphatic carbocycles. The summed E-state index contributed by atoms with van der Waals surface area (Å²) in [5.41, 5.74) is 4.98. The Hall–Kier alpha value is -3.32. The van der Waals surface area contributed by atoms with Crippen LogP contribution in [0.25, 0.3) is 5.57 Å². The van der Waals surface area contributed by atoms with Gasteiger partial charge in [0, 0.05) is 45.8 Å². The molecular weight excluding hydrogens is 506 g/mol. The van der Waals surface area contributed by atoms with E-state index in [9.17, 15) is 14.7 Å². The second-order valence-corrected chi connectivity index (χ2v) is 12.1. The Morgan fingerprint density at radius 3 is 2.52 bits per heavy atom. The first-order chi connectivity index (χ1) is 19.2. The number of nitriles is 1. The molecule has 0 unspecified atom stereocenters. The zero-order chi connectivity index (χ0) is 28.3. The summed E-state index contributed by atoms with van der Waals surface area (Å²) in [6.45, 7) is 9.09. The molecule has 0 bridgehead atoms. The highest BCUT2D eigenvalue weighted by Gasteiger charge is 2.42. The van der Waals surface area contributed by atoms with Crippen LogP contribution in [0.15, 0.2) is 30.5 Å². The van der Waals surface area contributed by atoms with Gasteiger partial charge in [0.1, 0.15) is 11.8 Å². The third kappa shape index (κ3) is 6.04. The summed E-state index contributed by atoms with van der Waals surface area (Å²) < 4.78 is 5.81. The van der Waals surface area contributed by atoms with Gasteiger partial charge in [-0.25, -0.2) is 4.98 Å². The molecule has 2 saturated heterocycles. The number of nitrogens with zero attached hydrogens (tertiary/aromatic N) is 4. The Morgan fingerprint density at radius 1 is 1.15 bits per heavy atom. The van der Waals surface area contributed by atoms with Gasteiger partial charge in [-0.05, 0) is 65.8 Å². The highest BCUT2D eigenvalue weighted by molar-refractivity contribution is 5.95. The number of benzene rings is 1. The number of aromatic amines is 1. The average Bonchev–Trinajstić information content (AvgIpc) is 3.44. The van der Waals surface area contributed by atoms with Gasteiger partial charge in [0.15, 0.2) is 5.82 Å². The fraction of sp³-hybridized carbons (Fsp3) is 0.548. The number of imidazole rings is 1. The van der Waals surface area contributed by atoms with E-state index in [2.05, 4.69) is 53.0 Å². The van der Waals surface area contributed by atoms with Crippen LogP contribution < -0.4 is 0 Å². The second-order valence-electron chi connectivity index (χ2n) is 12.1. The smallest absolute Gasteiger partial charge is 0.317 e. The van der Waals surface area contributed by atoms with E-state index >= 15 is 0 Å². The van der Waals surface area contributed by atoms with Crippen LogP contribution in [-0.4, -0.2) is 82.6 Å². The molecule has 0 radical (unpaired) electrons. The number of ether oxygens (including phenoxy) is 1. The van der Waals surface area contributed by atoms with Crippen molar-refractivity contribution >= 4 is 17.3 Å². The number of aliphatic carboxylic acids is 1. The fourth-order valence-electron chi connectivity index (χ4n) is 6.44. The van der Waals surface area contributed by atoms with Crippen molar-refractivity contribution in [3.63, 3.8) is 0 Å². The van der Waals surface area contributed by atoms with E-state index in [0.717, 1.165) is 69.4 Å². The van der Waals surface area contributed by atoms with Crippen LogP contribution in [0.4, 0.5) is 0 Å². The molecule has 212 valence electrons. The molecule has 2 N–H and O–H groups in total. The number of allylic oxidation sites excluding steroid dienone is 2. The number of carboxylic acid groups (broad SMARTS) is 1. The molecule has 0 spiro atoms. The number of nitrogens with one attached hydrogen (secondary N) is 1. The van der Waals surface area contributed by atoms with Crippen molar-refractivity contribution in [3.8, 4) is 6.07 Å². The van der Waals surface area contributed by atoms with Gasteiger partial charge in [0.25, 0.3) is 0 Å². The number of carbonyl (C=O) groups is 2. The van der Waals surface area contributed by atoms with Gasteiger partial charge in [-0.15, -0.1) is 0 Å². The number of rotatable bonds is 8. The predicted molar refractivity (Wildman–Crippen MR) is 151 cm³/mol. The largest absolute Gasteiger partial charge is 0.480 e. The van der Waals surface area contributed by atoms with Gasteiger partial charge < -0.3 is 14.8 Å². The molecule has 0 saturated carbocycles. The number of hydrogen-bond donors (Lipinski definition) is 2. The highest BCUT2D eigenvalue weighted by Crippen LogP contribution is 2.43. The minimum Gasteiger partial charge on any atom is -0.480 e. The molecule has 3 aliphatic rings. The third-order valence-electron chi connectivity index (χ3n) is 8.93. The molecule has 2 aliphatic heterocycles. The van der Waals surface area contributed by atoms with E-state index < -0.39 is 5.97 Å². The molecule has 1 aromatic carbocycles. The molecule has 9 nitrogen and oxygen atoms in total. The summed E-state index contributed by atoms with van der Waals surface area (Å²) in [6.07, 6.45) is 8.74. The molecule has 40 heavy (non-hydrogen) atoms. The second kappa shape index (κ2) is 11.7. The standard InChI is InChI=1S/C31H39N5O4/c1-30(2)7-5-22(6-8-30)26-18-24(4-3-23(26)17-27(37)29-33-20-25(19-32)34-29)31(9-15-40-16-10-31)36-13-11-35(12-14-36)21-28(38)39/h3-5,18,20H,6-17,21H2,1-2H3,(H,33,34)(H,38,39). The number of carboxylic acids is 1. The number of ketones is 1. The van der Waals surface area contributed by atoms with Crippen molar-refractivity contribution in [2.75, 3.05) is 45.9 Å². The minimum absolute atomic E-state index is 0.0762. The Bertz CT molecular complexity index is 1320. The lowest BCUT2D eigenvalue weighted by atomic mass is 9.74.